The number of carbonyl (C=O) groups excluding carboxylic acids is 1. The van der Waals surface area contributed by atoms with Gasteiger partial charge in [-0.05, 0) is 38.0 Å². The van der Waals surface area contributed by atoms with Crippen molar-refractivity contribution in [3.63, 3.8) is 0 Å². The molecule has 1 saturated carbocycles. The molecule has 0 saturated heterocycles. The zero-order valence-electron chi connectivity index (χ0n) is 11.9. The number of nitrogens with one attached hydrogen (secondary N) is 1. The van der Waals surface area contributed by atoms with Gasteiger partial charge in [-0.15, -0.1) is 0 Å². The van der Waals surface area contributed by atoms with Crippen molar-refractivity contribution in [1.82, 2.24) is 5.32 Å². The second kappa shape index (κ2) is 6.89. The van der Waals surface area contributed by atoms with Crippen molar-refractivity contribution in [2.75, 3.05) is 6.54 Å². The lowest BCUT2D eigenvalue weighted by molar-refractivity contribution is -0.138. The average molecular weight is 270 g/mol. The predicted molar refractivity (Wildman–Crippen MR) is 73.6 cm³/mol. The van der Waals surface area contributed by atoms with Crippen LogP contribution in [0, 0.1) is 11.3 Å². The maximum atomic E-state index is 12.4. The topological polar surface area (TPSA) is 92.4 Å². The summed E-state index contributed by atoms with van der Waals surface area (Å²) in [7, 11) is 0. The largest absolute Gasteiger partial charge is 0.481 e. The van der Waals surface area contributed by atoms with E-state index in [1.807, 2.05) is 6.92 Å². The minimum Gasteiger partial charge on any atom is -0.481 e. The number of carbonyl (C=O) groups is 2. The first-order valence-electron chi connectivity index (χ1n) is 7.16. The second-order valence-corrected chi connectivity index (χ2v) is 5.84. The zero-order valence-corrected chi connectivity index (χ0v) is 11.9. The Bertz CT molecular complexity index is 323. The van der Waals surface area contributed by atoms with Crippen LogP contribution in [-0.4, -0.2) is 29.6 Å². The molecular formula is C14H26N2O3. The molecule has 5 heteroatoms. The Morgan fingerprint density at radius 3 is 2.42 bits per heavy atom. The SMILES string of the molecule is CCC(CC(=O)O)NC(=O)C1(CN)CCC(C)CC1. The highest BCUT2D eigenvalue weighted by molar-refractivity contribution is 5.83. The van der Waals surface area contributed by atoms with Gasteiger partial charge in [0.1, 0.15) is 0 Å². The first-order valence-corrected chi connectivity index (χ1v) is 7.16. The molecule has 0 radical (unpaired) electrons. The van der Waals surface area contributed by atoms with Gasteiger partial charge in [-0.25, -0.2) is 0 Å². The Morgan fingerprint density at radius 1 is 1.42 bits per heavy atom. The fourth-order valence-corrected chi connectivity index (χ4v) is 2.69. The predicted octanol–water partition coefficient (Wildman–Crippen LogP) is 1.51. The molecule has 1 rings (SSSR count). The second-order valence-electron chi connectivity index (χ2n) is 5.84. The number of hydrogen-bond donors (Lipinski definition) is 3. The summed E-state index contributed by atoms with van der Waals surface area (Å²) in [5.41, 5.74) is 5.34. The van der Waals surface area contributed by atoms with Gasteiger partial charge in [0.15, 0.2) is 0 Å². The highest BCUT2D eigenvalue weighted by atomic mass is 16.4. The van der Waals surface area contributed by atoms with Crippen LogP contribution in [0.15, 0.2) is 0 Å². The summed E-state index contributed by atoms with van der Waals surface area (Å²) in [4.78, 5) is 23.2. The molecule has 0 heterocycles. The van der Waals surface area contributed by atoms with E-state index in [4.69, 9.17) is 10.8 Å². The molecule has 110 valence electrons. The molecule has 0 spiro atoms. The Morgan fingerprint density at radius 2 is 2.00 bits per heavy atom. The quantitative estimate of drug-likeness (QED) is 0.682. The molecular weight excluding hydrogens is 244 g/mol. The molecule has 0 aromatic carbocycles. The van der Waals surface area contributed by atoms with Crippen molar-refractivity contribution in [3.05, 3.63) is 0 Å². The van der Waals surface area contributed by atoms with Gasteiger partial charge in [-0.2, -0.15) is 0 Å². The third-order valence-electron chi connectivity index (χ3n) is 4.35. The standard InChI is InChI=1S/C14H26N2O3/c1-3-11(8-12(17)18)16-13(19)14(9-15)6-4-10(2)5-7-14/h10-11H,3-9,15H2,1-2H3,(H,16,19)(H,17,18). The van der Waals surface area contributed by atoms with E-state index < -0.39 is 11.4 Å². The van der Waals surface area contributed by atoms with E-state index in [-0.39, 0.29) is 18.4 Å². The molecule has 1 aliphatic carbocycles. The van der Waals surface area contributed by atoms with E-state index in [0.717, 1.165) is 25.7 Å². The molecule has 1 fully saturated rings. The summed E-state index contributed by atoms with van der Waals surface area (Å²) < 4.78 is 0. The highest BCUT2D eigenvalue weighted by Gasteiger charge is 2.40. The van der Waals surface area contributed by atoms with Crippen molar-refractivity contribution < 1.29 is 14.7 Å². The van der Waals surface area contributed by atoms with Gasteiger partial charge in [-0.1, -0.05) is 13.8 Å². The number of hydrogen-bond acceptors (Lipinski definition) is 3. The van der Waals surface area contributed by atoms with Crippen LogP contribution >= 0.6 is 0 Å². The number of carboxylic acid groups (broad SMARTS) is 1. The van der Waals surface area contributed by atoms with Crippen LogP contribution in [0.3, 0.4) is 0 Å². The summed E-state index contributed by atoms with van der Waals surface area (Å²) >= 11 is 0. The van der Waals surface area contributed by atoms with E-state index in [1.165, 1.54) is 0 Å². The van der Waals surface area contributed by atoms with E-state index in [2.05, 4.69) is 12.2 Å². The van der Waals surface area contributed by atoms with Crippen LogP contribution in [0.2, 0.25) is 0 Å². The minimum atomic E-state index is -0.883. The molecule has 4 N–H and O–H groups in total. The average Bonchev–Trinajstić information content (AvgIpc) is 2.38. The van der Waals surface area contributed by atoms with Crippen molar-refractivity contribution in [1.29, 1.82) is 0 Å². The lowest BCUT2D eigenvalue weighted by Gasteiger charge is -2.38. The zero-order chi connectivity index (χ0) is 14.5. The minimum absolute atomic E-state index is 0.0285. The van der Waals surface area contributed by atoms with Crippen LogP contribution in [-0.2, 0) is 9.59 Å². The van der Waals surface area contributed by atoms with Crippen molar-refractivity contribution in [2.45, 2.75) is 58.4 Å². The molecule has 0 aromatic rings. The fourth-order valence-electron chi connectivity index (χ4n) is 2.69. The fraction of sp³-hybridized carbons (Fsp3) is 0.857. The third kappa shape index (κ3) is 4.20. The molecule has 1 aliphatic rings. The highest BCUT2D eigenvalue weighted by Crippen LogP contribution is 2.38. The lowest BCUT2D eigenvalue weighted by atomic mass is 9.70. The Hall–Kier alpha value is -1.10. The third-order valence-corrected chi connectivity index (χ3v) is 4.35. The van der Waals surface area contributed by atoms with Crippen molar-refractivity contribution >= 4 is 11.9 Å². The van der Waals surface area contributed by atoms with E-state index in [0.29, 0.717) is 18.9 Å². The number of rotatable bonds is 6. The summed E-state index contributed by atoms with van der Waals surface area (Å²) in [6.45, 7) is 4.42. The van der Waals surface area contributed by atoms with Crippen LogP contribution < -0.4 is 11.1 Å². The maximum absolute atomic E-state index is 12.4. The van der Waals surface area contributed by atoms with Crippen molar-refractivity contribution in [2.24, 2.45) is 17.1 Å². The Kier molecular flexibility index (Phi) is 5.79. The van der Waals surface area contributed by atoms with Gasteiger partial charge in [0.05, 0.1) is 11.8 Å². The summed E-state index contributed by atoms with van der Waals surface area (Å²) in [6, 6.07) is -0.298. The maximum Gasteiger partial charge on any atom is 0.305 e. The number of nitrogens with two attached hydrogens (primary N) is 1. The normalized spacial score (nSPS) is 28.7. The van der Waals surface area contributed by atoms with E-state index >= 15 is 0 Å². The number of amides is 1. The molecule has 1 amide bonds. The van der Waals surface area contributed by atoms with E-state index in [9.17, 15) is 9.59 Å². The van der Waals surface area contributed by atoms with Gasteiger partial charge in [0, 0.05) is 12.6 Å². The summed E-state index contributed by atoms with van der Waals surface area (Å²) in [6.07, 6.45) is 4.23. The Balaban J connectivity index is 2.65. The molecule has 19 heavy (non-hydrogen) atoms. The molecule has 1 atom stereocenters. The molecule has 1 unspecified atom stereocenters. The summed E-state index contributed by atoms with van der Waals surface area (Å²) in [5.74, 6) is -0.297. The van der Waals surface area contributed by atoms with Gasteiger partial charge in [0.25, 0.3) is 0 Å². The molecule has 0 bridgehead atoms. The smallest absolute Gasteiger partial charge is 0.305 e. The first-order chi connectivity index (χ1) is 8.93. The van der Waals surface area contributed by atoms with Crippen LogP contribution in [0.5, 0.6) is 0 Å². The van der Waals surface area contributed by atoms with Gasteiger partial charge >= 0.3 is 5.97 Å². The van der Waals surface area contributed by atoms with Gasteiger partial charge in [0.2, 0.25) is 5.91 Å². The number of aliphatic carboxylic acids is 1. The van der Waals surface area contributed by atoms with E-state index in [1.54, 1.807) is 0 Å². The first kappa shape index (κ1) is 16.0. The van der Waals surface area contributed by atoms with Crippen LogP contribution in [0.4, 0.5) is 0 Å². The van der Waals surface area contributed by atoms with Gasteiger partial charge < -0.3 is 16.2 Å². The summed E-state index contributed by atoms with van der Waals surface area (Å²) in [5, 5.41) is 11.7. The molecule has 0 aromatic heterocycles. The van der Waals surface area contributed by atoms with Gasteiger partial charge in [-0.3, -0.25) is 9.59 Å². The van der Waals surface area contributed by atoms with Crippen LogP contribution in [0.25, 0.3) is 0 Å². The Labute approximate surface area is 114 Å². The molecule has 0 aliphatic heterocycles. The molecule has 5 nitrogen and oxygen atoms in total. The van der Waals surface area contributed by atoms with Crippen molar-refractivity contribution in [3.8, 4) is 0 Å². The number of carboxylic acids is 1. The van der Waals surface area contributed by atoms with Crippen LogP contribution in [0.1, 0.15) is 52.4 Å². The lowest BCUT2D eigenvalue weighted by Crippen LogP contribution is -2.51. The monoisotopic (exact) mass is 270 g/mol.